The van der Waals surface area contributed by atoms with E-state index in [1.807, 2.05) is 6.07 Å². The Morgan fingerprint density at radius 2 is 1.88 bits per heavy atom. The van der Waals surface area contributed by atoms with Crippen molar-refractivity contribution in [1.29, 1.82) is 0 Å². The summed E-state index contributed by atoms with van der Waals surface area (Å²) < 4.78 is 27.2. The van der Waals surface area contributed by atoms with Crippen LogP contribution in [0.1, 0.15) is 34.2 Å². The lowest BCUT2D eigenvalue weighted by Crippen LogP contribution is -2.40. The molecule has 0 spiro atoms. The van der Waals surface area contributed by atoms with Crippen LogP contribution in [-0.4, -0.2) is 49.7 Å². The molecule has 0 radical (unpaired) electrons. The minimum absolute atomic E-state index is 0.0811. The largest absolute Gasteiger partial charge is 0.325 e. The Morgan fingerprint density at radius 3 is 2.66 bits per heavy atom. The van der Waals surface area contributed by atoms with Crippen molar-refractivity contribution in [2.75, 3.05) is 31.5 Å². The van der Waals surface area contributed by atoms with Crippen LogP contribution in [0.25, 0.3) is 0 Å². The Kier molecular flexibility index (Phi) is 6.18. The zero-order chi connectivity index (χ0) is 22.1. The molecule has 0 bridgehead atoms. The quantitative estimate of drug-likeness (QED) is 0.566. The van der Waals surface area contributed by atoms with Crippen molar-refractivity contribution in [3.63, 3.8) is 0 Å². The van der Waals surface area contributed by atoms with Crippen LogP contribution < -0.4 is 5.32 Å². The number of carbonyl (C=O) groups excluding carboxylic acids is 1. The number of nitrogens with one attached hydrogen (secondary N) is 1. The zero-order valence-electron chi connectivity index (χ0n) is 17.6. The van der Waals surface area contributed by atoms with Crippen molar-refractivity contribution in [1.82, 2.24) is 9.21 Å². The van der Waals surface area contributed by atoms with E-state index < -0.39 is 10.0 Å². The number of nitrogens with zero attached hydrogens (tertiary/aromatic N) is 2. The number of anilines is 1. The van der Waals surface area contributed by atoms with Crippen LogP contribution in [0.2, 0.25) is 0 Å². The van der Waals surface area contributed by atoms with Gasteiger partial charge >= 0.3 is 0 Å². The first-order valence-electron chi connectivity index (χ1n) is 10.8. The van der Waals surface area contributed by atoms with Gasteiger partial charge in [-0.15, -0.1) is 22.7 Å². The molecule has 5 rings (SSSR count). The molecule has 0 aliphatic carbocycles. The fraction of sp³-hybridized carbons (Fsp3) is 0.348. The molecule has 1 unspecified atom stereocenters. The number of amides is 1. The molecule has 2 aliphatic heterocycles. The Labute approximate surface area is 196 Å². The van der Waals surface area contributed by atoms with E-state index in [-0.39, 0.29) is 23.4 Å². The second-order valence-corrected chi connectivity index (χ2v) is 12.0. The maximum Gasteiger partial charge on any atom is 0.243 e. The molecule has 1 atom stereocenters. The van der Waals surface area contributed by atoms with Crippen LogP contribution in [0, 0.1) is 0 Å². The van der Waals surface area contributed by atoms with Crippen LogP contribution in [0.5, 0.6) is 0 Å². The Hall–Kier alpha value is -2.04. The van der Waals surface area contributed by atoms with Gasteiger partial charge in [-0.05, 0) is 65.9 Å². The van der Waals surface area contributed by atoms with Gasteiger partial charge in [0.2, 0.25) is 15.9 Å². The summed E-state index contributed by atoms with van der Waals surface area (Å²) in [4.78, 5) is 18.0. The second-order valence-electron chi connectivity index (χ2n) is 8.12. The van der Waals surface area contributed by atoms with E-state index in [1.165, 1.54) is 19.6 Å². The molecule has 2 aliphatic rings. The summed E-state index contributed by atoms with van der Waals surface area (Å²) >= 11 is 3.49. The monoisotopic (exact) mass is 487 g/mol. The Balaban J connectivity index is 1.32. The standard InChI is InChI=1S/C23H25N3O3S3/c27-22(24-17-5-3-6-18(15-17)32(28,29)26-10-1-2-11-26)16-25-12-8-20-19(9-14-31-20)23(25)21-7-4-13-30-21/h3-7,9,13-15,23H,1-2,8,10-12,16H2,(H,24,27). The first-order valence-corrected chi connectivity index (χ1v) is 14.0. The molecule has 1 amide bonds. The summed E-state index contributed by atoms with van der Waals surface area (Å²) in [6, 6.07) is 13.0. The number of benzene rings is 1. The molecule has 0 saturated carbocycles. The van der Waals surface area contributed by atoms with Crippen molar-refractivity contribution >= 4 is 44.3 Å². The van der Waals surface area contributed by atoms with Crippen LogP contribution in [0.15, 0.2) is 58.1 Å². The van der Waals surface area contributed by atoms with Gasteiger partial charge in [-0.3, -0.25) is 9.69 Å². The molecule has 168 valence electrons. The lowest BCUT2D eigenvalue weighted by atomic mass is 9.98. The highest BCUT2D eigenvalue weighted by Gasteiger charge is 2.32. The molecule has 1 fully saturated rings. The van der Waals surface area contributed by atoms with Gasteiger partial charge in [-0.25, -0.2) is 8.42 Å². The van der Waals surface area contributed by atoms with Gasteiger partial charge in [0.15, 0.2) is 0 Å². The predicted molar refractivity (Wildman–Crippen MR) is 129 cm³/mol. The number of fused-ring (bicyclic) bond motifs is 1. The smallest absolute Gasteiger partial charge is 0.243 e. The van der Waals surface area contributed by atoms with Crippen LogP contribution in [0.3, 0.4) is 0 Å². The Morgan fingerprint density at radius 1 is 1.03 bits per heavy atom. The maximum absolute atomic E-state index is 13.0. The van der Waals surface area contributed by atoms with Crippen molar-refractivity contribution in [2.45, 2.75) is 30.2 Å². The summed E-state index contributed by atoms with van der Waals surface area (Å²) in [6.07, 6.45) is 2.72. The van der Waals surface area contributed by atoms with E-state index in [4.69, 9.17) is 0 Å². The molecule has 3 aromatic rings. The van der Waals surface area contributed by atoms with Crippen molar-refractivity contribution < 1.29 is 13.2 Å². The molecular weight excluding hydrogens is 462 g/mol. The maximum atomic E-state index is 13.0. The van der Waals surface area contributed by atoms with E-state index in [0.717, 1.165) is 25.8 Å². The van der Waals surface area contributed by atoms with E-state index in [2.05, 4.69) is 33.1 Å². The number of hydrogen-bond donors (Lipinski definition) is 1. The summed E-state index contributed by atoms with van der Waals surface area (Å²) in [7, 11) is -3.52. The Bertz CT molecular complexity index is 1200. The van der Waals surface area contributed by atoms with Crippen LogP contribution >= 0.6 is 22.7 Å². The molecule has 9 heteroatoms. The van der Waals surface area contributed by atoms with Crippen molar-refractivity contribution in [2.24, 2.45) is 0 Å². The molecule has 32 heavy (non-hydrogen) atoms. The number of thiophene rings is 2. The molecule has 6 nitrogen and oxygen atoms in total. The van der Waals surface area contributed by atoms with Gasteiger partial charge < -0.3 is 5.32 Å². The van der Waals surface area contributed by atoms with Crippen LogP contribution in [0.4, 0.5) is 5.69 Å². The fourth-order valence-corrected chi connectivity index (χ4v) is 7.86. The van der Waals surface area contributed by atoms with E-state index in [9.17, 15) is 13.2 Å². The third-order valence-electron chi connectivity index (χ3n) is 6.05. The summed E-state index contributed by atoms with van der Waals surface area (Å²) in [6.45, 7) is 2.18. The zero-order valence-corrected chi connectivity index (χ0v) is 20.0. The minimum Gasteiger partial charge on any atom is -0.325 e. The van der Waals surface area contributed by atoms with Crippen molar-refractivity contribution in [3.8, 4) is 0 Å². The highest BCUT2D eigenvalue weighted by atomic mass is 32.2. The lowest BCUT2D eigenvalue weighted by Gasteiger charge is -2.34. The SMILES string of the molecule is O=C(CN1CCc2sccc2C1c1cccs1)Nc1cccc(S(=O)(=O)N2CCCC2)c1. The lowest BCUT2D eigenvalue weighted by molar-refractivity contribution is -0.117. The molecular formula is C23H25N3O3S3. The summed E-state index contributed by atoms with van der Waals surface area (Å²) in [5.74, 6) is -0.138. The fourth-order valence-electron chi connectivity index (χ4n) is 4.52. The van der Waals surface area contributed by atoms with Gasteiger partial charge in [0.1, 0.15) is 0 Å². The summed E-state index contributed by atoms with van der Waals surface area (Å²) in [5.41, 5.74) is 1.80. The van der Waals surface area contributed by atoms with Crippen LogP contribution in [-0.2, 0) is 21.2 Å². The van der Waals surface area contributed by atoms with Gasteiger partial charge in [-0.1, -0.05) is 12.1 Å². The highest BCUT2D eigenvalue weighted by molar-refractivity contribution is 7.89. The second kappa shape index (κ2) is 9.07. The minimum atomic E-state index is -3.52. The number of sulfonamides is 1. The van der Waals surface area contributed by atoms with Gasteiger partial charge in [-0.2, -0.15) is 4.31 Å². The topological polar surface area (TPSA) is 69.7 Å². The highest BCUT2D eigenvalue weighted by Crippen LogP contribution is 2.39. The number of hydrogen-bond acceptors (Lipinski definition) is 6. The van der Waals surface area contributed by atoms with Gasteiger partial charge in [0.05, 0.1) is 17.5 Å². The summed E-state index contributed by atoms with van der Waals surface area (Å²) in [5, 5.41) is 7.11. The number of carbonyl (C=O) groups is 1. The predicted octanol–water partition coefficient (Wildman–Crippen LogP) is 4.18. The molecule has 1 N–H and O–H groups in total. The third-order valence-corrected chi connectivity index (χ3v) is 9.86. The third kappa shape index (κ3) is 4.27. The first-order chi connectivity index (χ1) is 15.5. The molecule has 1 aromatic carbocycles. The van der Waals surface area contributed by atoms with E-state index in [0.29, 0.717) is 18.8 Å². The normalized spacial score (nSPS) is 19.7. The van der Waals surface area contributed by atoms with Gasteiger partial charge in [0.25, 0.3) is 0 Å². The van der Waals surface area contributed by atoms with Crippen molar-refractivity contribution in [3.05, 3.63) is 68.5 Å². The first kappa shape index (κ1) is 21.8. The average Bonchev–Trinajstić information content (AvgIpc) is 3.56. The number of rotatable bonds is 6. The van der Waals surface area contributed by atoms with E-state index >= 15 is 0 Å². The molecule has 2 aromatic heterocycles. The molecule has 1 saturated heterocycles. The van der Waals surface area contributed by atoms with Gasteiger partial charge in [0, 0.05) is 35.1 Å². The average molecular weight is 488 g/mol. The molecule has 4 heterocycles. The van der Waals surface area contributed by atoms with E-state index in [1.54, 1.807) is 46.9 Å².